The summed E-state index contributed by atoms with van der Waals surface area (Å²) in [5.74, 6) is -0.430. The summed E-state index contributed by atoms with van der Waals surface area (Å²) in [6.07, 6.45) is -0.249. The average molecular weight is 413 g/mol. The summed E-state index contributed by atoms with van der Waals surface area (Å²) in [6.45, 7) is 0.494. The number of likely N-dealkylation sites (tertiary alicyclic amines) is 1. The highest BCUT2D eigenvalue weighted by Crippen LogP contribution is 2.37. The van der Waals surface area contributed by atoms with Crippen molar-refractivity contribution in [2.45, 2.75) is 31.9 Å². The molecule has 1 aromatic rings. The number of sulfonamides is 1. The van der Waals surface area contributed by atoms with E-state index in [0.29, 0.717) is 23.5 Å². The zero-order valence-electron chi connectivity index (χ0n) is 14.2. The summed E-state index contributed by atoms with van der Waals surface area (Å²) in [5.41, 5.74) is -1.39. The third-order valence-corrected chi connectivity index (χ3v) is 5.65. The van der Waals surface area contributed by atoms with E-state index in [9.17, 15) is 26.4 Å². The Kier molecular flexibility index (Phi) is 6.44. The number of halogens is 4. The Bertz CT molecular complexity index is 760. The zero-order valence-corrected chi connectivity index (χ0v) is 15.8. The summed E-state index contributed by atoms with van der Waals surface area (Å²) in [5, 5.41) is -0.534. The number of hydrogen-bond donors (Lipinski definition) is 0. The van der Waals surface area contributed by atoms with Gasteiger partial charge in [0.1, 0.15) is 6.54 Å². The Hall–Kier alpha value is -1.48. The van der Waals surface area contributed by atoms with Crippen molar-refractivity contribution >= 4 is 33.2 Å². The van der Waals surface area contributed by atoms with Crippen LogP contribution in [0.25, 0.3) is 0 Å². The van der Waals surface area contributed by atoms with Gasteiger partial charge >= 0.3 is 6.18 Å². The Morgan fingerprint density at radius 3 is 2.27 bits per heavy atom. The molecule has 0 bridgehead atoms. The molecule has 0 atom stereocenters. The van der Waals surface area contributed by atoms with E-state index in [-0.39, 0.29) is 5.69 Å². The third-order valence-electron chi connectivity index (χ3n) is 4.18. The Morgan fingerprint density at radius 2 is 1.77 bits per heavy atom. The van der Waals surface area contributed by atoms with Crippen LogP contribution in [-0.2, 0) is 21.0 Å². The largest absolute Gasteiger partial charge is 0.417 e. The van der Waals surface area contributed by atoms with Crippen LogP contribution in [0, 0.1) is 0 Å². The zero-order chi connectivity index (χ0) is 19.5. The molecule has 0 spiro atoms. The van der Waals surface area contributed by atoms with E-state index in [1.165, 1.54) is 0 Å². The second-order valence-electron chi connectivity index (χ2n) is 6.23. The van der Waals surface area contributed by atoms with Crippen molar-refractivity contribution in [3.63, 3.8) is 0 Å². The molecule has 1 aliphatic heterocycles. The van der Waals surface area contributed by atoms with Gasteiger partial charge in [-0.3, -0.25) is 9.10 Å². The summed E-state index contributed by atoms with van der Waals surface area (Å²) >= 11 is 5.58. The van der Waals surface area contributed by atoms with E-state index in [0.717, 1.165) is 44.1 Å². The lowest BCUT2D eigenvalue weighted by Crippen LogP contribution is -2.43. The SMILES string of the molecule is CS(=O)(=O)N(CC(=O)N1CCCCCC1)c1ccc(Cl)c(C(F)(F)F)c1. The second-order valence-corrected chi connectivity index (χ2v) is 8.54. The van der Waals surface area contributed by atoms with Crippen molar-refractivity contribution in [1.82, 2.24) is 4.90 Å². The molecule has 1 fully saturated rings. The Labute approximate surface area is 155 Å². The highest BCUT2D eigenvalue weighted by atomic mass is 35.5. The van der Waals surface area contributed by atoms with Gasteiger partial charge < -0.3 is 4.90 Å². The lowest BCUT2D eigenvalue weighted by Gasteiger charge is -2.27. The number of amides is 1. The first-order valence-electron chi connectivity index (χ1n) is 8.12. The van der Waals surface area contributed by atoms with Crippen LogP contribution >= 0.6 is 11.6 Å². The average Bonchev–Trinajstić information content (AvgIpc) is 2.80. The van der Waals surface area contributed by atoms with Gasteiger partial charge in [-0.1, -0.05) is 24.4 Å². The van der Waals surface area contributed by atoms with Crippen LogP contribution < -0.4 is 4.31 Å². The molecular formula is C16H20ClF3N2O3S. The smallest absolute Gasteiger partial charge is 0.341 e. The molecule has 0 aliphatic carbocycles. The third kappa shape index (κ3) is 5.26. The molecule has 0 aromatic heterocycles. The number of alkyl halides is 3. The second kappa shape index (κ2) is 8.04. The van der Waals surface area contributed by atoms with Gasteiger partial charge in [0, 0.05) is 13.1 Å². The molecule has 26 heavy (non-hydrogen) atoms. The van der Waals surface area contributed by atoms with Crippen LogP contribution in [0.3, 0.4) is 0 Å². The Morgan fingerprint density at radius 1 is 1.19 bits per heavy atom. The highest BCUT2D eigenvalue weighted by Gasteiger charge is 2.35. The van der Waals surface area contributed by atoms with Gasteiger partial charge in [0.15, 0.2) is 0 Å². The molecule has 0 N–H and O–H groups in total. The van der Waals surface area contributed by atoms with E-state index in [2.05, 4.69) is 0 Å². The summed E-state index contributed by atoms with van der Waals surface area (Å²) in [4.78, 5) is 14.1. The quantitative estimate of drug-likeness (QED) is 0.760. The first kappa shape index (κ1) is 20.8. The van der Waals surface area contributed by atoms with Crippen molar-refractivity contribution in [2.24, 2.45) is 0 Å². The molecule has 1 amide bonds. The molecule has 146 valence electrons. The minimum atomic E-state index is -4.73. The summed E-state index contributed by atoms with van der Waals surface area (Å²) in [7, 11) is -3.96. The van der Waals surface area contributed by atoms with Gasteiger partial charge in [-0.25, -0.2) is 8.42 Å². The van der Waals surface area contributed by atoms with Crippen LogP contribution in [-0.4, -0.2) is 45.1 Å². The molecule has 2 rings (SSSR count). The molecule has 0 radical (unpaired) electrons. The number of carbonyl (C=O) groups is 1. The molecule has 1 aromatic carbocycles. The van der Waals surface area contributed by atoms with Crippen LogP contribution in [0.2, 0.25) is 5.02 Å². The van der Waals surface area contributed by atoms with E-state index >= 15 is 0 Å². The van der Waals surface area contributed by atoms with E-state index in [4.69, 9.17) is 11.6 Å². The standard InChI is InChI=1S/C16H20ClF3N2O3S/c1-26(24,25)22(11-15(23)21-8-4-2-3-5-9-21)12-6-7-14(17)13(10-12)16(18,19)20/h6-7,10H,2-5,8-9,11H2,1H3. The van der Waals surface area contributed by atoms with Gasteiger partial charge in [0.25, 0.3) is 0 Å². The minimum absolute atomic E-state index is 0.243. The number of nitrogens with zero attached hydrogens (tertiary/aromatic N) is 2. The molecule has 1 aliphatic rings. The topological polar surface area (TPSA) is 57.7 Å². The summed E-state index contributed by atoms with van der Waals surface area (Å²) < 4.78 is 64.1. The fourth-order valence-electron chi connectivity index (χ4n) is 2.83. The molecule has 0 saturated carbocycles. The molecule has 5 nitrogen and oxygen atoms in total. The predicted molar refractivity (Wildman–Crippen MR) is 93.7 cm³/mol. The maximum absolute atomic E-state index is 13.1. The van der Waals surface area contributed by atoms with Gasteiger partial charge in [0.05, 0.1) is 22.5 Å². The molecule has 1 heterocycles. The lowest BCUT2D eigenvalue weighted by molar-refractivity contribution is -0.137. The number of carbonyl (C=O) groups excluding carboxylic acids is 1. The highest BCUT2D eigenvalue weighted by molar-refractivity contribution is 7.92. The first-order chi connectivity index (χ1) is 12.0. The van der Waals surface area contributed by atoms with Gasteiger partial charge in [-0.2, -0.15) is 13.2 Å². The van der Waals surface area contributed by atoms with Crippen LogP contribution in [0.15, 0.2) is 18.2 Å². The predicted octanol–water partition coefficient (Wildman–Crippen LogP) is 3.53. The normalized spacial score (nSPS) is 16.3. The van der Waals surface area contributed by atoms with E-state index in [1.807, 2.05) is 0 Å². The fraction of sp³-hybridized carbons (Fsp3) is 0.562. The maximum Gasteiger partial charge on any atom is 0.417 e. The van der Waals surface area contributed by atoms with Crippen molar-refractivity contribution in [2.75, 3.05) is 30.2 Å². The molecule has 10 heteroatoms. The Balaban J connectivity index is 2.32. The van der Waals surface area contributed by atoms with Crippen molar-refractivity contribution in [3.05, 3.63) is 28.8 Å². The minimum Gasteiger partial charge on any atom is -0.341 e. The van der Waals surface area contributed by atoms with Gasteiger partial charge in [-0.05, 0) is 31.0 Å². The van der Waals surface area contributed by atoms with Crippen molar-refractivity contribution in [3.8, 4) is 0 Å². The van der Waals surface area contributed by atoms with Crippen LogP contribution in [0.1, 0.15) is 31.2 Å². The van der Waals surface area contributed by atoms with Crippen LogP contribution in [0.5, 0.6) is 0 Å². The fourth-order valence-corrected chi connectivity index (χ4v) is 3.89. The first-order valence-corrected chi connectivity index (χ1v) is 10.3. The molecule has 1 saturated heterocycles. The van der Waals surface area contributed by atoms with Gasteiger partial charge in [0.2, 0.25) is 15.9 Å². The van der Waals surface area contributed by atoms with E-state index < -0.39 is 39.2 Å². The molecule has 0 unspecified atom stereocenters. The molecular weight excluding hydrogens is 393 g/mol. The van der Waals surface area contributed by atoms with E-state index in [1.54, 1.807) is 4.90 Å². The number of rotatable bonds is 4. The summed E-state index contributed by atoms with van der Waals surface area (Å²) in [6, 6.07) is 2.79. The maximum atomic E-state index is 13.1. The lowest BCUT2D eigenvalue weighted by atomic mass is 10.2. The van der Waals surface area contributed by atoms with Crippen molar-refractivity contribution in [1.29, 1.82) is 0 Å². The number of benzene rings is 1. The van der Waals surface area contributed by atoms with Crippen molar-refractivity contribution < 1.29 is 26.4 Å². The number of hydrogen-bond acceptors (Lipinski definition) is 3. The monoisotopic (exact) mass is 412 g/mol. The number of anilines is 1. The van der Waals surface area contributed by atoms with Crippen LogP contribution in [0.4, 0.5) is 18.9 Å². The van der Waals surface area contributed by atoms with Gasteiger partial charge in [-0.15, -0.1) is 0 Å².